The van der Waals surface area contributed by atoms with Crippen LogP contribution in [-0.4, -0.2) is 27.7 Å². The molecule has 1 aliphatic heterocycles. The fourth-order valence-corrected chi connectivity index (χ4v) is 2.55. The summed E-state index contributed by atoms with van der Waals surface area (Å²) in [4.78, 5) is 9.39. The molecule has 6 heteroatoms. The molecule has 2 aromatic rings. The van der Waals surface area contributed by atoms with Crippen molar-refractivity contribution in [1.29, 1.82) is 0 Å². The van der Waals surface area contributed by atoms with Crippen LogP contribution in [0.25, 0.3) is 10.7 Å². The highest BCUT2D eigenvalue weighted by molar-refractivity contribution is 7.13. The Morgan fingerprint density at radius 3 is 3.19 bits per heavy atom. The molecular formula is C10H12N4OS. The van der Waals surface area contributed by atoms with E-state index in [-0.39, 0.29) is 0 Å². The summed E-state index contributed by atoms with van der Waals surface area (Å²) >= 11 is 1.52. The molecule has 0 aromatic carbocycles. The van der Waals surface area contributed by atoms with Gasteiger partial charge < -0.3 is 9.84 Å². The average Bonchev–Trinajstić information content (AvgIpc) is 2.96. The van der Waals surface area contributed by atoms with Gasteiger partial charge in [-0.3, -0.25) is 4.98 Å². The van der Waals surface area contributed by atoms with E-state index in [0.29, 0.717) is 17.8 Å². The highest BCUT2D eigenvalue weighted by Crippen LogP contribution is 2.28. The van der Waals surface area contributed by atoms with Crippen molar-refractivity contribution in [2.24, 2.45) is 0 Å². The standard InChI is InChI=1S/C10H12N4OS/c1-6-7(2-3-12-6)10-13-9(14-15-10)8-4-11-5-16-8/h4-7,12H,2-3H2,1H3. The van der Waals surface area contributed by atoms with Crippen molar-refractivity contribution in [3.05, 3.63) is 17.6 Å². The molecule has 2 aromatic heterocycles. The van der Waals surface area contributed by atoms with E-state index in [1.54, 1.807) is 11.7 Å². The minimum atomic E-state index is 0.342. The first kappa shape index (κ1) is 9.92. The smallest absolute Gasteiger partial charge is 0.231 e. The van der Waals surface area contributed by atoms with Crippen molar-refractivity contribution in [3.63, 3.8) is 0 Å². The molecule has 1 N–H and O–H groups in total. The topological polar surface area (TPSA) is 63.8 Å². The molecule has 3 rings (SSSR count). The van der Waals surface area contributed by atoms with Gasteiger partial charge in [-0.05, 0) is 19.9 Å². The summed E-state index contributed by atoms with van der Waals surface area (Å²) in [7, 11) is 0. The second-order valence-corrected chi connectivity index (χ2v) is 4.85. The normalized spacial score (nSPS) is 25.1. The minimum absolute atomic E-state index is 0.342. The zero-order valence-electron chi connectivity index (χ0n) is 8.88. The van der Waals surface area contributed by atoms with Crippen LogP contribution < -0.4 is 5.32 Å². The van der Waals surface area contributed by atoms with Gasteiger partial charge in [0.1, 0.15) is 0 Å². The van der Waals surface area contributed by atoms with Crippen LogP contribution >= 0.6 is 11.3 Å². The van der Waals surface area contributed by atoms with E-state index in [2.05, 4.69) is 27.4 Å². The Hall–Kier alpha value is -1.27. The summed E-state index contributed by atoms with van der Waals surface area (Å²) in [5.41, 5.74) is 1.77. The van der Waals surface area contributed by atoms with E-state index >= 15 is 0 Å². The van der Waals surface area contributed by atoms with Crippen LogP contribution in [0.15, 0.2) is 16.2 Å². The van der Waals surface area contributed by atoms with Gasteiger partial charge in [0.05, 0.1) is 16.3 Å². The molecule has 1 fully saturated rings. The van der Waals surface area contributed by atoms with E-state index in [1.807, 2.05) is 0 Å². The third kappa shape index (κ3) is 1.64. The molecule has 2 atom stereocenters. The fourth-order valence-electron chi connectivity index (χ4n) is 2.01. The van der Waals surface area contributed by atoms with Gasteiger partial charge in [0, 0.05) is 12.2 Å². The first-order valence-electron chi connectivity index (χ1n) is 5.30. The van der Waals surface area contributed by atoms with Crippen LogP contribution in [0, 0.1) is 0 Å². The van der Waals surface area contributed by atoms with Crippen molar-refractivity contribution < 1.29 is 4.52 Å². The van der Waals surface area contributed by atoms with Crippen LogP contribution in [0.1, 0.15) is 25.2 Å². The first-order valence-corrected chi connectivity index (χ1v) is 6.18. The summed E-state index contributed by atoms with van der Waals surface area (Å²) in [5.74, 6) is 1.73. The van der Waals surface area contributed by atoms with E-state index in [9.17, 15) is 0 Å². The third-order valence-electron chi connectivity index (χ3n) is 2.94. The third-order valence-corrected chi connectivity index (χ3v) is 3.71. The molecular weight excluding hydrogens is 224 g/mol. The van der Waals surface area contributed by atoms with Gasteiger partial charge in [-0.2, -0.15) is 4.98 Å². The maximum absolute atomic E-state index is 5.32. The molecule has 0 saturated carbocycles. The molecule has 3 heterocycles. The van der Waals surface area contributed by atoms with Crippen LogP contribution in [-0.2, 0) is 0 Å². The number of hydrogen-bond donors (Lipinski definition) is 1. The predicted molar refractivity (Wildman–Crippen MR) is 60.2 cm³/mol. The van der Waals surface area contributed by atoms with Gasteiger partial charge in [0.2, 0.25) is 11.7 Å². The number of nitrogens with zero attached hydrogens (tertiary/aromatic N) is 3. The molecule has 16 heavy (non-hydrogen) atoms. The second-order valence-electron chi connectivity index (χ2n) is 3.96. The van der Waals surface area contributed by atoms with Crippen LogP contribution in [0.3, 0.4) is 0 Å². The van der Waals surface area contributed by atoms with Crippen molar-refractivity contribution in [1.82, 2.24) is 20.4 Å². The second kappa shape index (κ2) is 3.95. The molecule has 2 unspecified atom stereocenters. The zero-order chi connectivity index (χ0) is 11.0. The quantitative estimate of drug-likeness (QED) is 0.859. The molecule has 1 aliphatic rings. The maximum atomic E-state index is 5.32. The Bertz CT molecular complexity index is 467. The monoisotopic (exact) mass is 236 g/mol. The highest BCUT2D eigenvalue weighted by Gasteiger charge is 2.29. The number of aromatic nitrogens is 3. The SMILES string of the molecule is CC1NCCC1c1nc(-c2cncs2)no1. The Labute approximate surface area is 96.9 Å². The van der Waals surface area contributed by atoms with Gasteiger partial charge >= 0.3 is 0 Å². The molecule has 1 saturated heterocycles. The lowest BCUT2D eigenvalue weighted by atomic mass is 10.0. The molecule has 0 amide bonds. The van der Waals surface area contributed by atoms with Gasteiger partial charge in [-0.25, -0.2) is 0 Å². The first-order chi connectivity index (χ1) is 7.84. The minimum Gasteiger partial charge on any atom is -0.339 e. The maximum Gasteiger partial charge on any atom is 0.231 e. The van der Waals surface area contributed by atoms with Gasteiger partial charge in [0.25, 0.3) is 0 Å². The van der Waals surface area contributed by atoms with Crippen molar-refractivity contribution in [2.75, 3.05) is 6.54 Å². The lowest BCUT2D eigenvalue weighted by molar-refractivity contribution is 0.345. The van der Waals surface area contributed by atoms with Gasteiger partial charge in [-0.1, -0.05) is 5.16 Å². The molecule has 0 bridgehead atoms. The Morgan fingerprint density at radius 1 is 1.56 bits per heavy atom. The van der Waals surface area contributed by atoms with Crippen LogP contribution in [0.4, 0.5) is 0 Å². The largest absolute Gasteiger partial charge is 0.339 e. The molecule has 0 spiro atoms. The van der Waals surface area contributed by atoms with Crippen molar-refractivity contribution >= 4 is 11.3 Å². The predicted octanol–water partition coefficient (Wildman–Crippen LogP) is 1.66. The number of nitrogens with one attached hydrogen (secondary N) is 1. The van der Waals surface area contributed by atoms with E-state index in [0.717, 1.165) is 23.7 Å². The summed E-state index contributed by atoms with van der Waals surface area (Å²) in [5, 5.41) is 7.37. The van der Waals surface area contributed by atoms with E-state index in [1.165, 1.54) is 11.3 Å². The zero-order valence-corrected chi connectivity index (χ0v) is 9.70. The van der Waals surface area contributed by atoms with Crippen molar-refractivity contribution in [3.8, 4) is 10.7 Å². The van der Waals surface area contributed by atoms with Gasteiger partial charge in [0.15, 0.2) is 0 Å². The molecule has 5 nitrogen and oxygen atoms in total. The Balaban J connectivity index is 1.88. The fraction of sp³-hybridized carbons (Fsp3) is 0.500. The lowest BCUT2D eigenvalue weighted by Gasteiger charge is -2.08. The molecule has 84 valence electrons. The lowest BCUT2D eigenvalue weighted by Crippen LogP contribution is -2.21. The van der Waals surface area contributed by atoms with Crippen molar-refractivity contribution in [2.45, 2.75) is 25.3 Å². The van der Waals surface area contributed by atoms with Crippen LogP contribution in [0.5, 0.6) is 0 Å². The van der Waals surface area contributed by atoms with E-state index < -0.39 is 0 Å². The summed E-state index contributed by atoms with van der Waals surface area (Å²) in [6, 6.07) is 0.412. The Morgan fingerprint density at radius 2 is 2.50 bits per heavy atom. The number of hydrogen-bond acceptors (Lipinski definition) is 6. The van der Waals surface area contributed by atoms with Crippen LogP contribution in [0.2, 0.25) is 0 Å². The summed E-state index contributed by atoms with van der Waals surface area (Å²) in [6.07, 6.45) is 2.82. The summed E-state index contributed by atoms with van der Waals surface area (Å²) < 4.78 is 5.32. The highest BCUT2D eigenvalue weighted by atomic mass is 32.1. The summed E-state index contributed by atoms with van der Waals surface area (Å²) in [6.45, 7) is 3.17. The Kier molecular flexibility index (Phi) is 2.45. The van der Waals surface area contributed by atoms with Gasteiger partial charge in [-0.15, -0.1) is 11.3 Å². The number of rotatable bonds is 2. The van der Waals surface area contributed by atoms with E-state index in [4.69, 9.17) is 4.52 Å². The number of thiazole rings is 1. The molecule has 0 radical (unpaired) electrons. The molecule has 0 aliphatic carbocycles. The average molecular weight is 236 g/mol.